The maximum Gasteiger partial charge on any atom is 0.314 e. The first-order valence-corrected chi connectivity index (χ1v) is 11.8. The molecule has 0 radical (unpaired) electrons. The third kappa shape index (κ3) is 4.44. The van der Waals surface area contributed by atoms with E-state index in [4.69, 9.17) is 4.74 Å². The number of carbonyl (C=O) groups is 1. The number of halogens is 1. The molecule has 5 rings (SSSR count). The van der Waals surface area contributed by atoms with Gasteiger partial charge in [-0.05, 0) is 43.9 Å². The maximum absolute atomic E-state index is 15.3. The minimum Gasteiger partial charge on any atom is -0.481 e. The number of carboxylic acid groups (broad SMARTS) is 1. The van der Waals surface area contributed by atoms with E-state index in [1.807, 2.05) is 26.0 Å². The summed E-state index contributed by atoms with van der Waals surface area (Å²) in [4.78, 5) is 24.7. The molecule has 1 aromatic carbocycles. The molecule has 1 fully saturated rings. The number of hydrogen-bond donors (Lipinski definition) is 1. The predicted molar refractivity (Wildman–Crippen MR) is 131 cm³/mol. The van der Waals surface area contributed by atoms with Crippen LogP contribution in [0.25, 0.3) is 22.4 Å². The zero-order chi connectivity index (χ0) is 25.4. The Hall–Kier alpha value is -4.14. The Balaban J connectivity index is 1.41. The van der Waals surface area contributed by atoms with E-state index >= 15 is 4.39 Å². The topological polar surface area (TPSA) is 103 Å². The van der Waals surface area contributed by atoms with Crippen LogP contribution in [0.2, 0.25) is 0 Å². The van der Waals surface area contributed by atoms with Crippen molar-refractivity contribution in [3.05, 3.63) is 77.9 Å². The van der Waals surface area contributed by atoms with Crippen molar-refractivity contribution in [3.8, 4) is 28.3 Å². The van der Waals surface area contributed by atoms with Gasteiger partial charge in [0.1, 0.15) is 11.5 Å². The van der Waals surface area contributed by atoms with Gasteiger partial charge in [-0.3, -0.25) is 19.4 Å². The summed E-state index contributed by atoms with van der Waals surface area (Å²) in [6.45, 7) is 3.83. The lowest BCUT2D eigenvalue weighted by atomic mass is 9.94. The molecule has 0 spiro atoms. The lowest BCUT2D eigenvalue weighted by Gasteiger charge is -2.12. The minimum absolute atomic E-state index is 0.0261. The summed E-state index contributed by atoms with van der Waals surface area (Å²) in [6, 6.07) is 8.68. The molecule has 1 aliphatic rings. The third-order valence-electron chi connectivity index (χ3n) is 6.46. The summed E-state index contributed by atoms with van der Waals surface area (Å²) in [5, 5.41) is 13.8. The van der Waals surface area contributed by atoms with Gasteiger partial charge in [0, 0.05) is 37.0 Å². The highest BCUT2D eigenvalue weighted by Gasteiger charge is 2.51. The predicted octanol–water partition coefficient (Wildman–Crippen LogP) is 4.57. The van der Waals surface area contributed by atoms with Gasteiger partial charge in [-0.2, -0.15) is 5.10 Å². The molecule has 184 valence electrons. The number of ether oxygens (including phenoxy) is 1. The molecule has 0 saturated heterocycles. The zero-order valence-corrected chi connectivity index (χ0v) is 20.3. The van der Waals surface area contributed by atoms with Crippen molar-refractivity contribution in [2.45, 2.75) is 44.6 Å². The van der Waals surface area contributed by atoms with E-state index in [1.165, 1.54) is 6.07 Å². The van der Waals surface area contributed by atoms with E-state index in [9.17, 15) is 9.90 Å². The highest BCUT2D eigenvalue weighted by Crippen LogP contribution is 2.48. The van der Waals surface area contributed by atoms with Crippen LogP contribution in [0, 0.1) is 5.82 Å². The summed E-state index contributed by atoms with van der Waals surface area (Å²) in [5.74, 6) is -0.843. The lowest BCUT2D eigenvalue weighted by molar-refractivity contribution is -0.140. The normalized spacial score (nSPS) is 14.1. The second kappa shape index (κ2) is 9.14. The van der Waals surface area contributed by atoms with Gasteiger partial charge in [0.25, 0.3) is 0 Å². The second-order valence-electron chi connectivity index (χ2n) is 9.34. The lowest BCUT2D eigenvalue weighted by Crippen LogP contribution is -2.19. The molecule has 0 amide bonds. The van der Waals surface area contributed by atoms with E-state index in [1.54, 1.807) is 48.6 Å². The molecule has 0 unspecified atom stereocenters. The van der Waals surface area contributed by atoms with E-state index < -0.39 is 17.2 Å². The average Bonchev–Trinajstić information content (AvgIpc) is 3.59. The van der Waals surface area contributed by atoms with E-state index in [-0.39, 0.29) is 11.8 Å². The molecule has 3 aromatic heterocycles. The Labute approximate surface area is 207 Å². The fourth-order valence-corrected chi connectivity index (χ4v) is 4.34. The molecule has 0 atom stereocenters. The van der Waals surface area contributed by atoms with Gasteiger partial charge in [0.15, 0.2) is 0 Å². The van der Waals surface area contributed by atoms with Crippen molar-refractivity contribution in [2.24, 2.45) is 7.05 Å². The van der Waals surface area contributed by atoms with Crippen LogP contribution in [-0.2, 0) is 23.7 Å². The monoisotopic (exact) mass is 487 g/mol. The first-order valence-electron chi connectivity index (χ1n) is 11.8. The zero-order valence-electron chi connectivity index (χ0n) is 20.3. The largest absolute Gasteiger partial charge is 0.481 e. The smallest absolute Gasteiger partial charge is 0.314 e. The average molecular weight is 488 g/mol. The number of aliphatic carboxylic acids is 1. The van der Waals surface area contributed by atoms with Crippen LogP contribution in [0.15, 0.2) is 55.1 Å². The molecular weight excluding hydrogens is 461 g/mol. The summed E-state index contributed by atoms with van der Waals surface area (Å²) >= 11 is 0. The highest BCUT2D eigenvalue weighted by atomic mass is 19.1. The van der Waals surface area contributed by atoms with Gasteiger partial charge < -0.3 is 9.84 Å². The fraction of sp³-hybridized carbons (Fsp3) is 0.296. The molecule has 1 aliphatic carbocycles. The molecule has 0 bridgehead atoms. The number of carboxylic acids is 1. The number of nitrogens with zero attached hydrogens (tertiary/aromatic N) is 5. The van der Waals surface area contributed by atoms with Crippen molar-refractivity contribution >= 4 is 5.97 Å². The Morgan fingerprint density at radius 3 is 2.53 bits per heavy atom. The van der Waals surface area contributed by atoms with E-state index in [2.05, 4.69) is 20.1 Å². The van der Waals surface area contributed by atoms with Crippen LogP contribution in [0.1, 0.15) is 43.6 Å². The molecule has 36 heavy (non-hydrogen) atoms. The highest BCUT2D eigenvalue weighted by molar-refractivity contribution is 5.85. The molecule has 4 aromatic rings. The quantitative estimate of drug-likeness (QED) is 0.388. The van der Waals surface area contributed by atoms with E-state index in [0.717, 1.165) is 16.8 Å². The van der Waals surface area contributed by atoms with Crippen LogP contribution >= 0.6 is 0 Å². The van der Waals surface area contributed by atoms with Gasteiger partial charge in [-0.1, -0.05) is 24.3 Å². The standard InChI is InChI=1S/C27H26FN5O3/c1-16(2)36-24-15-29-13-20(32-24)11-23-21(14-31-33(23)3)25-22(28)10-18(12-30-25)17-4-6-19(7-5-17)27(8-9-27)26(34)35/h4-7,10,12-16H,8-9,11H2,1-3H3,(H,34,35). The van der Waals surface area contributed by atoms with Gasteiger partial charge in [0.2, 0.25) is 5.88 Å². The molecular formula is C27H26FN5O3. The van der Waals surface area contributed by atoms with Crippen molar-refractivity contribution < 1.29 is 19.0 Å². The second-order valence-corrected chi connectivity index (χ2v) is 9.34. The Morgan fingerprint density at radius 1 is 1.14 bits per heavy atom. The molecule has 0 aliphatic heterocycles. The first-order chi connectivity index (χ1) is 17.3. The Bertz CT molecular complexity index is 1430. The number of rotatable bonds is 8. The minimum atomic E-state index is -0.801. The van der Waals surface area contributed by atoms with Crippen LogP contribution < -0.4 is 4.74 Å². The van der Waals surface area contributed by atoms with Crippen molar-refractivity contribution in [1.29, 1.82) is 0 Å². The molecule has 1 N–H and O–H groups in total. The molecule has 9 heteroatoms. The number of pyridine rings is 1. The van der Waals surface area contributed by atoms with Crippen LogP contribution in [-0.4, -0.2) is 41.9 Å². The van der Waals surface area contributed by atoms with Gasteiger partial charge in [-0.15, -0.1) is 0 Å². The summed E-state index contributed by atoms with van der Waals surface area (Å²) < 4.78 is 22.6. The van der Waals surface area contributed by atoms with Gasteiger partial charge in [0.05, 0.1) is 35.3 Å². The number of hydrogen-bond acceptors (Lipinski definition) is 6. The summed E-state index contributed by atoms with van der Waals surface area (Å²) in [5.41, 5.74) is 3.57. The van der Waals surface area contributed by atoms with Crippen LogP contribution in [0.3, 0.4) is 0 Å². The molecule has 1 saturated carbocycles. The van der Waals surface area contributed by atoms with Crippen molar-refractivity contribution in [1.82, 2.24) is 24.7 Å². The van der Waals surface area contributed by atoms with Crippen molar-refractivity contribution in [3.63, 3.8) is 0 Å². The molecule has 8 nitrogen and oxygen atoms in total. The summed E-state index contributed by atoms with van der Waals surface area (Å²) in [6.07, 6.45) is 8.05. The SMILES string of the molecule is CC(C)Oc1cncc(Cc2c(-c3ncc(-c4ccc(C5(C(=O)O)CC5)cc4)cc3F)cnn2C)n1. The first kappa shape index (κ1) is 23.6. The fourth-order valence-electron chi connectivity index (χ4n) is 4.34. The molecule has 3 heterocycles. The van der Waals surface area contributed by atoms with E-state index in [0.29, 0.717) is 42.0 Å². The van der Waals surface area contributed by atoms with Gasteiger partial charge >= 0.3 is 5.97 Å². The van der Waals surface area contributed by atoms with Crippen LogP contribution in [0.4, 0.5) is 4.39 Å². The maximum atomic E-state index is 15.3. The third-order valence-corrected chi connectivity index (χ3v) is 6.46. The van der Waals surface area contributed by atoms with Crippen LogP contribution in [0.5, 0.6) is 5.88 Å². The number of aromatic nitrogens is 5. The number of aryl methyl sites for hydroxylation is 1. The Morgan fingerprint density at radius 2 is 1.89 bits per heavy atom. The Kier molecular flexibility index (Phi) is 5.99. The van der Waals surface area contributed by atoms with Gasteiger partial charge in [-0.25, -0.2) is 9.37 Å². The number of benzene rings is 1. The summed E-state index contributed by atoms with van der Waals surface area (Å²) in [7, 11) is 1.79. The van der Waals surface area contributed by atoms with Crippen molar-refractivity contribution in [2.75, 3.05) is 0 Å².